The van der Waals surface area contributed by atoms with E-state index in [1.807, 2.05) is 90.3 Å². The van der Waals surface area contributed by atoms with Crippen LogP contribution in [0.2, 0.25) is 0 Å². The van der Waals surface area contributed by atoms with Crippen molar-refractivity contribution in [3.63, 3.8) is 0 Å². The molecule has 70 heavy (non-hydrogen) atoms. The molecule has 4 N–H and O–H groups in total. The fourth-order valence-corrected chi connectivity index (χ4v) is 7.62. The molecular weight excluding hydrogens is 912 g/mol. The number of aliphatic carboxylic acids is 1. The summed E-state index contributed by atoms with van der Waals surface area (Å²) in [5.74, 6) is -4.45. The van der Waals surface area contributed by atoms with Gasteiger partial charge in [0, 0.05) is 79.3 Å². The SMILES string of the molecule is CC(NC(=O)C(NC(=O)CCCCCN1C(=O)C=CC1=O)C(C)C)C(=O)Nc1ccc(C[n+]2cccc(/C=C/C(=O)NCCCCC3CCN(C(=O)c4ccccc4)CC3)c2)cc1.O=C([O-])C(F)(F)F. The predicted molar refractivity (Wildman–Crippen MR) is 252 cm³/mol. The van der Waals surface area contributed by atoms with E-state index in [2.05, 4.69) is 21.3 Å². The van der Waals surface area contributed by atoms with Crippen LogP contribution in [-0.2, 0) is 40.1 Å². The maximum Gasteiger partial charge on any atom is 0.430 e. The number of pyridine rings is 1. The van der Waals surface area contributed by atoms with Gasteiger partial charge in [-0.3, -0.25) is 38.5 Å². The minimum absolute atomic E-state index is 0.111. The van der Waals surface area contributed by atoms with Crippen LogP contribution in [0.1, 0.15) is 100 Å². The van der Waals surface area contributed by atoms with Crippen molar-refractivity contribution in [1.29, 1.82) is 0 Å². The first-order chi connectivity index (χ1) is 33.3. The number of rotatable bonds is 22. The summed E-state index contributed by atoms with van der Waals surface area (Å²) in [5, 5.41) is 20.1. The van der Waals surface area contributed by atoms with E-state index < -0.39 is 36.0 Å². The van der Waals surface area contributed by atoms with Gasteiger partial charge in [-0.05, 0) is 87.3 Å². The van der Waals surface area contributed by atoms with Crippen LogP contribution in [0.4, 0.5) is 18.9 Å². The van der Waals surface area contributed by atoms with Gasteiger partial charge in [-0.25, -0.2) is 4.57 Å². The number of anilines is 1. The molecule has 0 spiro atoms. The molecule has 1 fully saturated rings. The molecule has 19 heteroatoms. The summed E-state index contributed by atoms with van der Waals surface area (Å²) < 4.78 is 33.6. The number of hydrogen-bond acceptors (Lipinski definition) is 9. The molecule has 2 aliphatic rings. The minimum Gasteiger partial charge on any atom is -0.542 e. The number of carbonyl (C=O) groups excluding carboxylic acids is 8. The Kier molecular flexibility index (Phi) is 21.9. The third-order valence-electron chi connectivity index (χ3n) is 11.6. The largest absolute Gasteiger partial charge is 0.542 e. The van der Waals surface area contributed by atoms with E-state index in [9.17, 15) is 46.7 Å². The molecule has 0 aliphatic carbocycles. The number of imide groups is 1. The average molecular weight is 974 g/mol. The molecule has 16 nitrogen and oxygen atoms in total. The Morgan fingerprint density at radius 2 is 1.47 bits per heavy atom. The number of carboxylic acids is 1. The average Bonchev–Trinajstić information content (AvgIpc) is 3.65. The number of unbranched alkanes of at least 4 members (excludes halogenated alkanes) is 3. The van der Waals surface area contributed by atoms with Gasteiger partial charge < -0.3 is 36.1 Å². The van der Waals surface area contributed by atoms with E-state index in [1.54, 1.807) is 31.2 Å². The second-order valence-electron chi connectivity index (χ2n) is 17.5. The van der Waals surface area contributed by atoms with Crippen LogP contribution < -0.4 is 30.9 Å². The summed E-state index contributed by atoms with van der Waals surface area (Å²) >= 11 is 0. The number of halogens is 3. The molecular formula is C51H62F3N7O9. The molecule has 2 unspecified atom stereocenters. The number of benzene rings is 2. The number of carboxylic acid groups (broad SMARTS) is 1. The zero-order chi connectivity index (χ0) is 51.2. The molecule has 0 bridgehead atoms. The van der Waals surface area contributed by atoms with Crippen LogP contribution in [0, 0.1) is 11.8 Å². The number of alkyl halides is 3. The van der Waals surface area contributed by atoms with Crippen LogP contribution in [0.3, 0.4) is 0 Å². The number of likely N-dealkylation sites (tertiary alicyclic amines) is 1. The van der Waals surface area contributed by atoms with Gasteiger partial charge in [-0.1, -0.05) is 63.4 Å². The monoisotopic (exact) mass is 973 g/mol. The third-order valence-corrected chi connectivity index (χ3v) is 11.6. The van der Waals surface area contributed by atoms with Crippen molar-refractivity contribution >= 4 is 59.1 Å². The highest BCUT2D eigenvalue weighted by molar-refractivity contribution is 6.12. The molecule has 376 valence electrons. The van der Waals surface area contributed by atoms with Gasteiger partial charge in [0.2, 0.25) is 23.6 Å². The van der Waals surface area contributed by atoms with E-state index in [1.165, 1.54) is 17.1 Å². The Bertz CT molecular complexity index is 2310. The minimum atomic E-state index is -5.19. The highest BCUT2D eigenvalue weighted by Gasteiger charge is 2.29. The zero-order valence-electron chi connectivity index (χ0n) is 39.7. The van der Waals surface area contributed by atoms with Crippen molar-refractivity contribution in [3.05, 3.63) is 114 Å². The molecule has 2 aliphatic heterocycles. The van der Waals surface area contributed by atoms with E-state index in [-0.39, 0.29) is 41.9 Å². The Hall–Kier alpha value is -7.18. The van der Waals surface area contributed by atoms with E-state index in [0.717, 1.165) is 61.9 Å². The van der Waals surface area contributed by atoms with Gasteiger partial charge in [0.25, 0.3) is 17.7 Å². The van der Waals surface area contributed by atoms with Crippen LogP contribution in [-0.4, -0.2) is 102 Å². The molecule has 0 radical (unpaired) electrons. The number of carbonyl (C=O) groups is 8. The van der Waals surface area contributed by atoms with Gasteiger partial charge in [0.1, 0.15) is 18.1 Å². The molecule has 1 aromatic heterocycles. The fraction of sp³-hybridized carbons (Fsp3) is 0.431. The Morgan fingerprint density at radius 1 is 0.814 bits per heavy atom. The lowest BCUT2D eigenvalue weighted by Gasteiger charge is -2.32. The van der Waals surface area contributed by atoms with E-state index in [4.69, 9.17) is 9.90 Å². The van der Waals surface area contributed by atoms with Gasteiger partial charge in [-0.2, -0.15) is 13.2 Å². The summed E-state index contributed by atoms with van der Waals surface area (Å²) in [6.45, 7) is 8.28. The molecule has 2 atom stereocenters. The molecule has 3 aromatic rings. The number of piperidine rings is 1. The highest BCUT2D eigenvalue weighted by atomic mass is 19.4. The molecule has 2 aromatic carbocycles. The quantitative estimate of drug-likeness (QED) is 0.0490. The Labute approximate surface area is 405 Å². The first-order valence-electron chi connectivity index (χ1n) is 23.4. The van der Waals surface area contributed by atoms with Crippen LogP contribution in [0.15, 0.2) is 97.4 Å². The van der Waals surface area contributed by atoms with Crippen molar-refractivity contribution in [2.75, 3.05) is 31.5 Å². The normalized spacial score (nSPS) is 14.7. The highest BCUT2D eigenvalue weighted by Crippen LogP contribution is 2.24. The van der Waals surface area contributed by atoms with Crippen molar-refractivity contribution in [2.45, 2.75) is 103 Å². The third kappa shape index (κ3) is 19.1. The lowest BCUT2D eigenvalue weighted by atomic mass is 9.91. The van der Waals surface area contributed by atoms with Crippen molar-refractivity contribution < 1.29 is 61.2 Å². The van der Waals surface area contributed by atoms with Crippen LogP contribution >= 0.6 is 0 Å². The molecule has 7 amide bonds. The topological polar surface area (TPSA) is 218 Å². The number of amides is 7. The number of hydrogen-bond donors (Lipinski definition) is 4. The number of nitrogens with one attached hydrogen (secondary N) is 4. The van der Waals surface area contributed by atoms with Crippen LogP contribution in [0.25, 0.3) is 6.08 Å². The maximum absolute atomic E-state index is 13.1. The summed E-state index contributed by atoms with van der Waals surface area (Å²) in [4.78, 5) is 99.3. The summed E-state index contributed by atoms with van der Waals surface area (Å²) in [7, 11) is 0. The summed E-state index contributed by atoms with van der Waals surface area (Å²) in [6, 6.07) is 19.0. The van der Waals surface area contributed by atoms with Crippen molar-refractivity contribution in [1.82, 2.24) is 25.8 Å². The summed E-state index contributed by atoms with van der Waals surface area (Å²) in [5.41, 5.74) is 3.19. The lowest BCUT2D eigenvalue weighted by Crippen LogP contribution is -2.53. The first kappa shape index (κ1) is 55.4. The van der Waals surface area contributed by atoms with Gasteiger partial charge in [0.05, 0.1) is 0 Å². The number of aromatic nitrogens is 1. The second kappa shape index (κ2) is 27.7. The Morgan fingerprint density at radius 3 is 2.10 bits per heavy atom. The lowest BCUT2D eigenvalue weighted by molar-refractivity contribution is -0.688. The predicted octanol–water partition coefficient (Wildman–Crippen LogP) is 4.24. The molecule has 0 saturated carbocycles. The van der Waals surface area contributed by atoms with Gasteiger partial charge in [0.15, 0.2) is 18.9 Å². The molecule has 5 rings (SSSR count). The van der Waals surface area contributed by atoms with Crippen LogP contribution in [0.5, 0.6) is 0 Å². The van der Waals surface area contributed by atoms with Gasteiger partial charge >= 0.3 is 6.18 Å². The maximum atomic E-state index is 13.1. The van der Waals surface area contributed by atoms with E-state index in [0.29, 0.717) is 50.5 Å². The second-order valence-corrected chi connectivity index (χ2v) is 17.5. The standard InChI is InChI=1S/C49H61N7O7.C2HF3O2/c1-35(2)46(53-43(58)17-8-5-11-30-56-44(59)24-25-45(56)60)48(62)51-36(3)47(61)52-41-21-18-39(19-22-41)34-54-29-12-14-38(33-54)20-23-42(57)50-28-10-9-13-37-26-31-55(32-27-37)49(63)40-15-6-4-7-16-40;3-2(4,5)1(6)7/h4,6-7,12,14-16,18-25,29,33,35-37,46H,5,8-11,13,17,26-28,30-32,34H2,1-3H3,(H3-,50,51,52,53,57,58,61,62);(H,6,7)/b23-20+;. The molecule has 1 saturated heterocycles. The fourth-order valence-electron chi connectivity index (χ4n) is 7.62. The van der Waals surface area contributed by atoms with Crippen molar-refractivity contribution in [2.24, 2.45) is 11.8 Å². The number of nitrogens with zero attached hydrogens (tertiary/aromatic N) is 3. The van der Waals surface area contributed by atoms with Gasteiger partial charge in [-0.15, -0.1) is 0 Å². The zero-order valence-corrected chi connectivity index (χ0v) is 39.7. The smallest absolute Gasteiger partial charge is 0.430 e. The molecule has 3 heterocycles. The Balaban J connectivity index is 0.00000141. The van der Waals surface area contributed by atoms with Crippen molar-refractivity contribution in [3.8, 4) is 0 Å². The first-order valence-corrected chi connectivity index (χ1v) is 23.4. The van der Waals surface area contributed by atoms with E-state index >= 15 is 0 Å². The summed E-state index contributed by atoms with van der Waals surface area (Å²) in [6.07, 6.45) is 11.6.